The summed E-state index contributed by atoms with van der Waals surface area (Å²) in [5.41, 5.74) is 7.58. The number of nitrogens with zero attached hydrogens (tertiary/aromatic N) is 3. The molecule has 0 radical (unpaired) electrons. The molecule has 0 aliphatic heterocycles. The Balaban J connectivity index is 1.72. The molecule has 0 unspecified atom stereocenters. The van der Waals surface area contributed by atoms with E-state index in [9.17, 15) is 0 Å². The fourth-order valence-electron chi connectivity index (χ4n) is 2.76. The van der Waals surface area contributed by atoms with Crippen molar-refractivity contribution in [2.24, 2.45) is 11.7 Å². The van der Waals surface area contributed by atoms with E-state index in [0.29, 0.717) is 17.7 Å². The molecule has 1 fully saturated rings. The van der Waals surface area contributed by atoms with E-state index in [-0.39, 0.29) is 0 Å². The molecule has 0 saturated heterocycles. The van der Waals surface area contributed by atoms with Crippen LogP contribution in [0.3, 0.4) is 0 Å². The summed E-state index contributed by atoms with van der Waals surface area (Å²) >= 11 is 0. The van der Waals surface area contributed by atoms with Crippen LogP contribution in [0, 0.1) is 12.8 Å². The van der Waals surface area contributed by atoms with E-state index in [2.05, 4.69) is 15.2 Å². The summed E-state index contributed by atoms with van der Waals surface area (Å²) in [4.78, 5) is 4.26. The van der Waals surface area contributed by atoms with Gasteiger partial charge in [-0.3, -0.25) is 4.98 Å². The van der Waals surface area contributed by atoms with Crippen LogP contribution in [0.5, 0.6) is 0 Å². The number of aromatic nitrogens is 3. The lowest BCUT2D eigenvalue weighted by molar-refractivity contribution is 0.299. The van der Waals surface area contributed by atoms with Crippen molar-refractivity contribution in [3.8, 4) is 11.5 Å². The zero-order chi connectivity index (χ0) is 13.9. The van der Waals surface area contributed by atoms with Gasteiger partial charge < -0.3 is 10.2 Å². The Morgan fingerprint density at radius 1 is 1.20 bits per heavy atom. The highest BCUT2D eigenvalue weighted by molar-refractivity contribution is 5.50. The lowest BCUT2D eigenvalue weighted by atomic mass is 9.82. The largest absolute Gasteiger partial charge is 0.420 e. The fourth-order valence-corrected chi connectivity index (χ4v) is 2.76. The molecule has 0 aromatic carbocycles. The van der Waals surface area contributed by atoms with Crippen LogP contribution in [-0.4, -0.2) is 21.7 Å². The number of nitrogens with two attached hydrogens (primary N) is 1. The molecule has 5 heteroatoms. The van der Waals surface area contributed by atoms with Gasteiger partial charge in [-0.05, 0) is 57.2 Å². The van der Waals surface area contributed by atoms with Gasteiger partial charge in [0.15, 0.2) is 0 Å². The third-order valence-corrected chi connectivity index (χ3v) is 4.13. The van der Waals surface area contributed by atoms with Crippen molar-refractivity contribution in [2.75, 3.05) is 6.54 Å². The first kappa shape index (κ1) is 13.2. The Morgan fingerprint density at radius 3 is 2.65 bits per heavy atom. The second-order valence-corrected chi connectivity index (χ2v) is 5.59. The first-order valence-electron chi connectivity index (χ1n) is 7.22. The normalized spacial score (nSPS) is 22.9. The second kappa shape index (κ2) is 5.71. The molecule has 20 heavy (non-hydrogen) atoms. The quantitative estimate of drug-likeness (QED) is 0.929. The minimum Gasteiger partial charge on any atom is -0.420 e. The third-order valence-electron chi connectivity index (χ3n) is 4.13. The third kappa shape index (κ3) is 2.72. The van der Waals surface area contributed by atoms with Gasteiger partial charge in [-0.25, -0.2) is 0 Å². The maximum atomic E-state index is 5.82. The zero-order valence-corrected chi connectivity index (χ0v) is 11.7. The first-order chi connectivity index (χ1) is 9.76. The lowest BCUT2D eigenvalue weighted by Gasteiger charge is -2.25. The molecule has 1 aliphatic carbocycles. The Hall–Kier alpha value is -1.75. The molecule has 1 saturated carbocycles. The van der Waals surface area contributed by atoms with Crippen molar-refractivity contribution in [3.05, 3.63) is 29.9 Å². The summed E-state index contributed by atoms with van der Waals surface area (Å²) in [6, 6.07) is 3.91. The van der Waals surface area contributed by atoms with Crippen molar-refractivity contribution in [1.82, 2.24) is 15.2 Å². The van der Waals surface area contributed by atoms with Gasteiger partial charge in [0.05, 0.1) is 5.56 Å². The topological polar surface area (TPSA) is 77.8 Å². The summed E-state index contributed by atoms with van der Waals surface area (Å²) in [6.45, 7) is 2.75. The zero-order valence-electron chi connectivity index (χ0n) is 11.7. The molecule has 3 rings (SSSR count). The average Bonchev–Trinajstić information content (AvgIpc) is 2.98. The molecule has 2 aromatic heterocycles. The van der Waals surface area contributed by atoms with Gasteiger partial charge in [-0.1, -0.05) is 0 Å². The van der Waals surface area contributed by atoms with Crippen molar-refractivity contribution in [3.63, 3.8) is 0 Å². The van der Waals surface area contributed by atoms with Crippen LogP contribution in [0.2, 0.25) is 0 Å². The molecule has 106 valence electrons. The van der Waals surface area contributed by atoms with Crippen molar-refractivity contribution < 1.29 is 4.42 Å². The highest BCUT2D eigenvalue weighted by atomic mass is 16.4. The average molecular weight is 272 g/mol. The monoisotopic (exact) mass is 272 g/mol. The van der Waals surface area contributed by atoms with Crippen molar-refractivity contribution >= 4 is 0 Å². The highest BCUT2D eigenvalue weighted by Crippen LogP contribution is 2.35. The minimum atomic E-state index is 0.387. The molecule has 2 heterocycles. The molecule has 0 atom stereocenters. The van der Waals surface area contributed by atoms with Gasteiger partial charge in [0, 0.05) is 17.8 Å². The Kier molecular flexibility index (Phi) is 3.78. The lowest BCUT2D eigenvalue weighted by Crippen LogP contribution is -2.20. The molecule has 1 aliphatic rings. The fraction of sp³-hybridized carbons (Fsp3) is 0.533. The molecular formula is C15H20N4O. The molecular weight excluding hydrogens is 252 g/mol. The molecule has 2 aromatic rings. The first-order valence-corrected chi connectivity index (χ1v) is 7.22. The van der Waals surface area contributed by atoms with E-state index >= 15 is 0 Å². The van der Waals surface area contributed by atoms with Crippen molar-refractivity contribution in [2.45, 2.75) is 38.5 Å². The van der Waals surface area contributed by atoms with Gasteiger partial charge in [0.25, 0.3) is 0 Å². The van der Waals surface area contributed by atoms with Gasteiger partial charge in [-0.15, -0.1) is 10.2 Å². The summed E-state index contributed by atoms with van der Waals surface area (Å²) < 4.78 is 5.82. The van der Waals surface area contributed by atoms with Gasteiger partial charge in [-0.2, -0.15) is 0 Å². The van der Waals surface area contributed by atoms with E-state index in [1.807, 2.05) is 19.1 Å². The van der Waals surface area contributed by atoms with E-state index in [0.717, 1.165) is 49.4 Å². The maximum absolute atomic E-state index is 5.82. The van der Waals surface area contributed by atoms with Crippen LogP contribution in [0.25, 0.3) is 11.5 Å². The number of rotatable bonds is 3. The summed E-state index contributed by atoms with van der Waals surface area (Å²) in [7, 11) is 0. The van der Waals surface area contributed by atoms with Gasteiger partial charge >= 0.3 is 0 Å². The van der Waals surface area contributed by atoms with Crippen LogP contribution in [0.15, 0.2) is 22.7 Å². The van der Waals surface area contributed by atoms with Crippen LogP contribution in [0.4, 0.5) is 0 Å². The predicted molar refractivity (Wildman–Crippen MR) is 76.0 cm³/mol. The van der Waals surface area contributed by atoms with Crippen LogP contribution in [-0.2, 0) is 0 Å². The minimum absolute atomic E-state index is 0.387. The summed E-state index contributed by atoms with van der Waals surface area (Å²) in [5.74, 6) is 2.37. The molecule has 0 amide bonds. The highest BCUT2D eigenvalue weighted by Gasteiger charge is 2.25. The number of pyridine rings is 1. The van der Waals surface area contributed by atoms with Crippen LogP contribution < -0.4 is 5.73 Å². The van der Waals surface area contributed by atoms with E-state index in [1.165, 1.54) is 0 Å². The van der Waals surface area contributed by atoms with Gasteiger partial charge in [0.1, 0.15) is 0 Å². The van der Waals surface area contributed by atoms with Crippen LogP contribution >= 0.6 is 0 Å². The molecule has 2 N–H and O–H groups in total. The van der Waals surface area contributed by atoms with E-state index < -0.39 is 0 Å². The Labute approximate surface area is 118 Å². The number of aryl methyl sites for hydroxylation is 1. The smallest absolute Gasteiger partial charge is 0.249 e. The maximum Gasteiger partial charge on any atom is 0.249 e. The van der Waals surface area contributed by atoms with E-state index in [4.69, 9.17) is 10.2 Å². The number of hydrogen-bond donors (Lipinski definition) is 1. The predicted octanol–water partition coefficient (Wildman–Crippen LogP) is 2.67. The number of hydrogen-bond acceptors (Lipinski definition) is 5. The summed E-state index contributed by atoms with van der Waals surface area (Å²) in [5, 5.41) is 8.36. The second-order valence-electron chi connectivity index (χ2n) is 5.59. The standard InChI is InChI=1S/C15H20N4O/c1-10-2-5-13(9-17-10)15-19-18-14(20-15)12-6-3-11(8-16)4-7-12/h2,5,9,11-12H,3-4,6-8,16H2,1H3. The molecule has 0 spiro atoms. The Bertz CT molecular complexity index is 556. The SMILES string of the molecule is Cc1ccc(-c2nnc(C3CCC(CN)CC3)o2)cn1. The Morgan fingerprint density at radius 2 is 2.00 bits per heavy atom. The van der Waals surface area contributed by atoms with Crippen molar-refractivity contribution in [1.29, 1.82) is 0 Å². The molecule has 0 bridgehead atoms. The molecule has 5 nitrogen and oxygen atoms in total. The van der Waals surface area contributed by atoms with Crippen LogP contribution in [0.1, 0.15) is 43.2 Å². The summed E-state index contributed by atoms with van der Waals surface area (Å²) in [6.07, 6.45) is 6.28. The van der Waals surface area contributed by atoms with E-state index in [1.54, 1.807) is 6.20 Å². The van der Waals surface area contributed by atoms with Gasteiger partial charge in [0.2, 0.25) is 11.8 Å².